The minimum absolute atomic E-state index is 0.00172. The van der Waals surface area contributed by atoms with Crippen molar-refractivity contribution in [1.82, 2.24) is 10.2 Å². The highest BCUT2D eigenvalue weighted by molar-refractivity contribution is 5.85. The summed E-state index contributed by atoms with van der Waals surface area (Å²) in [7, 11) is 0. The van der Waals surface area contributed by atoms with Crippen molar-refractivity contribution in [3.05, 3.63) is 60.2 Å². The minimum Gasteiger partial charge on any atom is -0.487 e. The average Bonchev–Trinajstić information content (AvgIpc) is 2.74. The summed E-state index contributed by atoms with van der Waals surface area (Å²) < 4.78 is 37.5. The van der Waals surface area contributed by atoms with Crippen molar-refractivity contribution in [3.63, 3.8) is 0 Å². The highest BCUT2D eigenvalue weighted by Crippen LogP contribution is 2.22. The molecule has 3 rings (SSSR count). The van der Waals surface area contributed by atoms with E-state index in [1.54, 1.807) is 29.2 Å². The van der Waals surface area contributed by atoms with Gasteiger partial charge in [-0.1, -0.05) is 18.2 Å². The summed E-state index contributed by atoms with van der Waals surface area (Å²) in [4.78, 5) is 25.7. The molecule has 0 aromatic heterocycles. The predicted molar refractivity (Wildman–Crippen MR) is 102 cm³/mol. The summed E-state index contributed by atoms with van der Waals surface area (Å²) in [6.45, 7) is 0.580. The topological polar surface area (TPSA) is 67.9 Å². The Morgan fingerprint density at radius 3 is 2.48 bits per heavy atom. The van der Waals surface area contributed by atoms with E-state index >= 15 is 0 Å². The van der Waals surface area contributed by atoms with Crippen LogP contribution in [0.5, 0.6) is 11.5 Å². The van der Waals surface area contributed by atoms with Gasteiger partial charge in [-0.25, -0.2) is 8.78 Å². The first-order valence-corrected chi connectivity index (χ1v) is 9.35. The van der Waals surface area contributed by atoms with Crippen molar-refractivity contribution in [2.24, 2.45) is 0 Å². The number of nitrogens with zero attached hydrogens (tertiary/aromatic N) is 1. The molecule has 1 heterocycles. The van der Waals surface area contributed by atoms with E-state index in [2.05, 4.69) is 5.32 Å². The fraction of sp³-hybridized carbons (Fsp3) is 0.333. The minimum atomic E-state index is -0.746. The van der Waals surface area contributed by atoms with E-state index in [-0.39, 0.29) is 36.8 Å². The quantitative estimate of drug-likeness (QED) is 0.770. The summed E-state index contributed by atoms with van der Waals surface area (Å²) in [5.41, 5.74) is 0. The molecule has 0 atom stereocenters. The first kappa shape index (κ1) is 20.6. The zero-order valence-corrected chi connectivity index (χ0v) is 15.8. The molecule has 1 aliphatic heterocycles. The second-order valence-electron chi connectivity index (χ2n) is 6.65. The molecular formula is C21H22F2N2O4. The molecule has 0 saturated carbocycles. The van der Waals surface area contributed by atoms with Crippen LogP contribution in [-0.2, 0) is 9.59 Å². The van der Waals surface area contributed by atoms with Gasteiger partial charge in [-0.3, -0.25) is 9.59 Å². The van der Waals surface area contributed by atoms with Gasteiger partial charge in [-0.05, 0) is 24.3 Å². The third-order valence-electron chi connectivity index (χ3n) is 4.53. The van der Waals surface area contributed by atoms with Gasteiger partial charge in [0.1, 0.15) is 17.7 Å². The molecule has 0 spiro atoms. The van der Waals surface area contributed by atoms with Crippen LogP contribution in [0.2, 0.25) is 0 Å². The number of nitrogens with one attached hydrogen (secondary N) is 1. The van der Waals surface area contributed by atoms with Crippen LogP contribution in [-0.4, -0.2) is 49.1 Å². The Morgan fingerprint density at radius 2 is 1.79 bits per heavy atom. The molecule has 29 heavy (non-hydrogen) atoms. The summed E-state index contributed by atoms with van der Waals surface area (Å²) in [6, 6.07) is 12.1. The molecule has 0 aliphatic carbocycles. The van der Waals surface area contributed by atoms with E-state index in [0.29, 0.717) is 31.7 Å². The highest BCUT2D eigenvalue weighted by Gasteiger charge is 2.24. The zero-order chi connectivity index (χ0) is 20.6. The molecule has 1 aliphatic rings. The van der Waals surface area contributed by atoms with Crippen LogP contribution in [0.15, 0.2) is 48.5 Å². The van der Waals surface area contributed by atoms with E-state index in [1.165, 1.54) is 6.07 Å². The normalized spacial score (nSPS) is 14.3. The standard InChI is InChI=1S/C21H22F2N2O4/c22-15-6-7-19(18(23)12-15)29-17-8-10-25(11-9-17)21(27)13-24-20(26)14-28-16-4-2-1-3-5-16/h1-7,12,17H,8-11,13-14H2,(H,24,26). The van der Waals surface area contributed by atoms with Crippen LogP contribution in [0.3, 0.4) is 0 Å². The number of amides is 2. The third-order valence-corrected chi connectivity index (χ3v) is 4.53. The molecule has 0 radical (unpaired) electrons. The van der Waals surface area contributed by atoms with Gasteiger partial charge < -0.3 is 19.7 Å². The Balaban J connectivity index is 1.36. The lowest BCUT2D eigenvalue weighted by molar-refractivity contribution is -0.134. The monoisotopic (exact) mass is 404 g/mol. The van der Waals surface area contributed by atoms with Gasteiger partial charge in [0.15, 0.2) is 18.2 Å². The van der Waals surface area contributed by atoms with Gasteiger partial charge in [0.05, 0.1) is 6.54 Å². The lowest BCUT2D eigenvalue weighted by Crippen LogP contribution is -2.46. The molecule has 2 aromatic carbocycles. The molecule has 2 aromatic rings. The van der Waals surface area contributed by atoms with Crippen molar-refractivity contribution in [2.75, 3.05) is 26.2 Å². The molecule has 0 bridgehead atoms. The molecule has 1 N–H and O–H groups in total. The third kappa shape index (κ3) is 6.17. The Bertz CT molecular complexity index is 840. The van der Waals surface area contributed by atoms with Crippen LogP contribution < -0.4 is 14.8 Å². The summed E-state index contributed by atoms with van der Waals surface area (Å²) in [5, 5.41) is 2.54. The predicted octanol–water partition coefficient (Wildman–Crippen LogP) is 2.53. The molecule has 8 heteroatoms. The molecule has 1 saturated heterocycles. The molecule has 1 fully saturated rings. The fourth-order valence-electron chi connectivity index (χ4n) is 2.98. The van der Waals surface area contributed by atoms with E-state index in [0.717, 1.165) is 12.1 Å². The van der Waals surface area contributed by atoms with E-state index in [9.17, 15) is 18.4 Å². The second kappa shape index (κ2) is 9.86. The molecule has 0 unspecified atom stereocenters. The van der Waals surface area contributed by atoms with Crippen molar-refractivity contribution >= 4 is 11.8 Å². The van der Waals surface area contributed by atoms with Gasteiger partial charge >= 0.3 is 0 Å². The Hall–Kier alpha value is -3.16. The van der Waals surface area contributed by atoms with Crippen molar-refractivity contribution in [1.29, 1.82) is 0 Å². The molecular weight excluding hydrogens is 382 g/mol. The number of hydrogen-bond acceptors (Lipinski definition) is 4. The summed E-state index contributed by atoms with van der Waals surface area (Å²) in [6.07, 6.45) is 0.786. The number of para-hydroxylation sites is 1. The van der Waals surface area contributed by atoms with Crippen LogP contribution in [0.4, 0.5) is 8.78 Å². The smallest absolute Gasteiger partial charge is 0.258 e. The van der Waals surface area contributed by atoms with Crippen molar-refractivity contribution in [2.45, 2.75) is 18.9 Å². The molecule has 6 nitrogen and oxygen atoms in total. The van der Waals surface area contributed by atoms with Crippen molar-refractivity contribution in [3.8, 4) is 11.5 Å². The maximum Gasteiger partial charge on any atom is 0.258 e. The maximum atomic E-state index is 13.7. The van der Waals surface area contributed by atoms with E-state index < -0.39 is 11.6 Å². The zero-order valence-electron chi connectivity index (χ0n) is 15.8. The van der Waals surface area contributed by atoms with Gasteiger partial charge in [0.2, 0.25) is 5.91 Å². The number of likely N-dealkylation sites (tertiary alicyclic amines) is 1. The first-order valence-electron chi connectivity index (χ1n) is 9.35. The molecule has 2 amide bonds. The van der Waals surface area contributed by atoms with E-state index in [4.69, 9.17) is 9.47 Å². The average molecular weight is 404 g/mol. The number of benzene rings is 2. The fourth-order valence-corrected chi connectivity index (χ4v) is 2.98. The number of carbonyl (C=O) groups is 2. The van der Waals surface area contributed by atoms with Crippen LogP contribution in [0, 0.1) is 11.6 Å². The van der Waals surface area contributed by atoms with Crippen molar-refractivity contribution < 1.29 is 27.8 Å². The van der Waals surface area contributed by atoms with Gasteiger partial charge in [0, 0.05) is 32.0 Å². The largest absolute Gasteiger partial charge is 0.487 e. The summed E-state index contributed by atoms with van der Waals surface area (Å²) >= 11 is 0. The number of piperidine rings is 1. The van der Waals surface area contributed by atoms with Gasteiger partial charge in [0.25, 0.3) is 5.91 Å². The number of halogens is 2. The number of rotatable bonds is 7. The second-order valence-corrected chi connectivity index (χ2v) is 6.65. The van der Waals surface area contributed by atoms with E-state index in [1.807, 2.05) is 6.07 Å². The lowest BCUT2D eigenvalue weighted by atomic mass is 10.1. The SMILES string of the molecule is O=C(COc1ccccc1)NCC(=O)N1CCC(Oc2ccc(F)cc2F)CC1. The van der Waals surface area contributed by atoms with Crippen LogP contribution in [0.1, 0.15) is 12.8 Å². The van der Waals surface area contributed by atoms with Crippen LogP contribution >= 0.6 is 0 Å². The lowest BCUT2D eigenvalue weighted by Gasteiger charge is -2.32. The number of ether oxygens (including phenoxy) is 2. The summed E-state index contributed by atoms with van der Waals surface area (Å²) in [5.74, 6) is -1.41. The number of hydrogen-bond donors (Lipinski definition) is 1. The van der Waals surface area contributed by atoms with Gasteiger partial charge in [-0.15, -0.1) is 0 Å². The first-order chi connectivity index (χ1) is 14.0. The maximum absolute atomic E-state index is 13.7. The number of carbonyl (C=O) groups excluding carboxylic acids is 2. The van der Waals surface area contributed by atoms with Gasteiger partial charge in [-0.2, -0.15) is 0 Å². The Labute approximate surface area is 167 Å². The Kier molecular flexibility index (Phi) is 6.99. The Morgan fingerprint density at radius 1 is 1.07 bits per heavy atom. The molecule has 154 valence electrons. The highest BCUT2D eigenvalue weighted by atomic mass is 19.1. The van der Waals surface area contributed by atoms with Crippen LogP contribution in [0.25, 0.3) is 0 Å².